The molecule has 3 nitrogen and oxygen atoms in total. The number of nitrogens with two attached hydrogens (primary N) is 1. The zero-order valence-electron chi connectivity index (χ0n) is 12.8. The van der Waals surface area contributed by atoms with Crippen molar-refractivity contribution in [1.29, 1.82) is 0 Å². The van der Waals surface area contributed by atoms with Gasteiger partial charge in [-0.1, -0.05) is 44.2 Å². The molecule has 2 atom stereocenters. The second kappa shape index (κ2) is 7.21. The molecule has 0 radical (unpaired) electrons. The van der Waals surface area contributed by atoms with Gasteiger partial charge in [0.05, 0.1) is 13.2 Å². The van der Waals surface area contributed by atoms with Gasteiger partial charge in [0.25, 0.3) is 0 Å². The van der Waals surface area contributed by atoms with Crippen molar-refractivity contribution >= 4 is 0 Å². The van der Waals surface area contributed by atoms with Crippen LogP contribution < -0.4 is 5.73 Å². The zero-order valence-corrected chi connectivity index (χ0v) is 12.8. The first-order chi connectivity index (χ1) is 9.75. The van der Waals surface area contributed by atoms with Crippen LogP contribution in [0.4, 0.5) is 0 Å². The van der Waals surface area contributed by atoms with E-state index in [0.29, 0.717) is 12.6 Å². The topological polar surface area (TPSA) is 38.5 Å². The summed E-state index contributed by atoms with van der Waals surface area (Å²) in [6, 6.07) is 11.2. The molecule has 1 heterocycles. The van der Waals surface area contributed by atoms with Crippen molar-refractivity contribution in [1.82, 2.24) is 4.90 Å². The minimum absolute atomic E-state index is 0.0613. The SMILES string of the molecule is CCC1COCCN1C(CC)(CN)Cc1ccccc1. The predicted octanol–water partition coefficient (Wildman–Crippen LogP) is 2.45. The first-order valence-electron chi connectivity index (χ1n) is 7.84. The molecule has 2 unspecified atom stereocenters. The van der Waals surface area contributed by atoms with Crippen molar-refractivity contribution in [2.75, 3.05) is 26.3 Å². The summed E-state index contributed by atoms with van der Waals surface area (Å²) in [6.45, 7) is 7.87. The zero-order chi connectivity index (χ0) is 14.4. The van der Waals surface area contributed by atoms with Crippen LogP contribution in [-0.2, 0) is 11.2 Å². The molecule has 3 heteroatoms. The maximum atomic E-state index is 6.23. The Morgan fingerprint density at radius 2 is 2.05 bits per heavy atom. The molecule has 20 heavy (non-hydrogen) atoms. The molecule has 0 bridgehead atoms. The van der Waals surface area contributed by atoms with E-state index < -0.39 is 0 Å². The summed E-state index contributed by atoms with van der Waals surface area (Å²) in [5.41, 5.74) is 7.67. The number of nitrogens with zero attached hydrogens (tertiary/aromatic N) is 1. The minimum atomic E-state index is 0.0613. The Bertz CT molecular complexity index is 389. The number of morpholine rings is 1. The van der Waals surface area contributed by atoms with E-state index in [1.807, 2.05) is 0 Å². The Labute approximate surface area is 123 Å². The first-order valence-corrected chi connectivity index (χ1v) is 7.84. The fourth-order valence-corrected chi connectivity index (χ4v) is 3.36. The summed E-state index contributed by atoms with van der Waals surface area (Å²) in [5, 5.41) is 0. The van der Waals surface area contributed by atoms with Crippen LogP contribution in [0.3, 0.4) is 0 Å². The average molecular weight is 276 g/mol. The lowest BCUT2D eigenvalue weighted by atomic mass is 9.84. The molecule has 1 aliphatic heterocycles. The summed E-state index contributed by atoms with van der Waals surface area (Å²) in [5.74, 6) is 0. The standard InChI is InChI=1S/C17H28N2O/c1-3-16-13-20-11-10-19(16)17(4-2,14-18)12-15-8-6-5-7-9-15/h5-9,16H,3-4,10-14,18H2,1-2H3. The maximum absolute atomic E-state index is 6.23. The fourth-order valence-electron chi connectivity index (χ4n) is 3.36. The number of benzene rings is 1. The number of hydrogen-bond acceptors (Lipinski definition) is 3. The summed E-state index contributed by atoms with van der Waals surface area (Å²) in [4.78, 5) is 2.61. The highest BCUT2D eigenvalue weighted by molar-refractivity contribution is 5.18. The number of rotatable bonds is 6. The van der Waals surface area contributed by atoms with Gasteiger partial charge in [0.2, 0.25) is 0 Å². The van der Waals surface area contributed by atoms with Crippen LogP contribution in [0.5, 0.6) is 0 Å². The third kappa shape index (κ3) is 3.22. The summed E-state index contributed by atoms with van der Waals surface area (Å²) in [6.07, 6.45) is 3.22. The third-order valence-electron chi connectivity index (χ3n) is 4.72. The average Bonchev–Trinajstić information content (AvgIpc) is 2.54. The van der Waals surface area contributed by atoms with E-state index in [1.54, 1.807) is 0 Å². The van der Waals surface area contributed by atoms with Crippen LogP contribution >= 0.6 is 0 Å². The monoisotopic (exact) mass is 276 g/mol. The van der Waals surface area contributed by atoms with Crippen LogP contribution in [0, 0.1) is 0 Å². The molecule has 0 saturated carbocycles. The smallest absolute Gasteiger partial charge is 0.0622 e. The first kappa shape index (κ1) is 15.5. The quantitative estimate of drug-likeness (QED) is 0.867. The second-order valence-electron chi connectivity index (χ2n) is 5.77. The fraction of sp³-hybridized carbons (Fsp3) is 0.647. The molecule has 0 spiro atoms. The minimum Gasteiger partial charge on any atom is -0.378 e. The van der Waals surface area contributed by atoms with Gasteiger partial charge in [-0.05, 0) is 24.8 Å². The van der Waals surface area contributed by atoms with E-state index in [4.69, 9.17) is 10.5 Å². The number of hydrogen-bond donors (Lipinski definition) is 1. The van der Waals surface area contributed by atoms with Gasteiger partial charge in [-0.3, -0.25) is 4.90 Å². The van der Waals surface area contributed by atoms with Gasteiger partial charge in [-0.2, -0.15) is 0 Å². The molecule has 0 aromatic heterocycles. The van der Waals surface area contributed by atoms with Crippen LogP contribution in [0.2, 0.25) is 0 Å². The molecule has 0 aliphatic carbocycles. The largest absolute Gasteiger partial charge is 0.378 e. The lowest BCUT2D eigenvalue weighted by molar-refractivity contribution is -0.0654. The lowest BCUT2D eigenvalue weighted by Gasteiger charge is -2.49. The van der Waals surface area contributed by atoms with Crippen molar-refractivity contribution in [2.45, 2.75) is 44.7 Å². The van der Waals surface area contributed by atoms with E-state index in [1.165, 1.54) is 5.56 Å². The van der Waals surface area contributed by atoms with Gasteiger partial charge in [0, 0.05) is 24.7 Å². The van der Waals surface area contributed by atoms with Crippen molar-refractivity contribution in [3.8, 4) is 0 Å². The molecule has 1 saturated heterocycles. The molecule has 112 valence electrons. The highest BCUT2D eigenvalue weighted by Gasteiger charge is 2.39. The van der Waals surface area contributed by atoms with Crippen LogP contribution in [0.25, 0.3) is 0 Å². The van der Waals surface area contributed by atoms with Gasteiger partial charge >= 0.3 is 0 Å². The third-order valence-corrected chi connectivity index (χ3v) is 4.72. The molecule has 1 aromatic rings. The molecular formula is C17H28N2O. The Kier molecular flexibility index (Phi) is 5.58. The van der Waals surface area contributed by atoms with Gasteiger partial charge in [-0.15, -0.1) is 0 Å². The maximum Gasteiger partial charge on any atom is 0.0622 e. The van der Waals surface area contributed by atoms with E-state index in [2.05, 4.69) is 49.1 Å². The second-order valence-corrected chi connectivity index (χ2v) is 5.77. The van der Waals surface area contributed by atoms with Gasteiger partial charge in [0.15, 0.2) is 0 Å². The molecule has 1 aromatic carbocycles. The normalized spacial score (nSPS) is 23.4. The summed E-state index contributed by atoms with van der Waals surface area (Å²) in [7, 11) is 0. The summed E-state index contributed by atoms with van der Waals surface area (Å²) < 4.78 is 5.66. The van der Waals surface area contributed by atoms with E-state index in [0.717, 1.165) is 39.0 Å². The predicted molar refractivity (Wildman–Crippen MR) is 83.8 cm³/mol. The molecular weight excluding hydrogens is 248 g/mol. The van der Waals surface area contributed by atoms with E-state index in [9.17, 15) is 0 Å². The van der Waals surface area contributed by atoms with E-state index in [-0.39, 0.29) is 5.54 Å². The lowest BCUT2D eigenvalue weighted by Crippen LogP contribution is -2.62. The van der Waals surface area contributed by atoms with Crippen LogP contribution in [-0.4, -0.2) is 42.8 Å². The van der Waals surface area contributed by atoms with Crippen molar-refractivity contribution in [2.24, 2.45) is 5.73 Å². The van der Waals surface area contributed by atoms with Crippen molar-refractivity contribution in [3.05, 3.63) is 35.9 Å². The molecule has 1 aliphatic rings. The Hall–Kier alpha value is -0.900. The van der Waals surface area contributed by atoms with Gasteiger partial charge in [0.1, 0.15) is 0 Å². The molecule has 2 rings (SSSR count). The molecule has 2 N–H and O–H groups in total. The van der Waals surface area contributed by atoms with Crippen molar-refractivity contribution in [3.63, 3.8) is 0 Å². The highest BCUT2D eigenvalue weighted by Crippen LogP contribution is 2.29. The van der Waals surface area contributed by atoms with Crippen molar-refractivity contribution < 1.29 is 4.74 Å². The Balaban J connectivity index is 2.23. The number of ether oxygens (including phenoxy) is 1. The van der Waals surface area contributed by atoms with E-state index >= 15 is 0 Å². The highest BCUT2D eigenvalue weighted by atomic mass is 16.5. The van der Waals surface area contributed by atoms with Crippen LogP contribution in [0.1, 0.15) is 32.3 Å². The van der Waals surface area contributed by atoms with Gasteiger partial charge < -0.3 is 10.5 Å². The van der Waals surface area contributed by atoms with Crippen LogP contribution in [0.15, 0.2) is 30.3 Å². The Morgan fingerprint density at radius 1 is 1.30 bits per heavy atom. The summed E-state index contributed by atoms with van der Waals surface area (Å²) >= 11 is 0. The molecule has 1 fully saturated rings. The van der Waals surface area contributed by atoms with Gasteiger partial charge in [-0.25, -0.2) is 0 Å². The molecule has 0 amide bonds. The Morgan fingerprint density at radius 3 is 2.65 bits per heavy atom.